The van der Waals surface area contributed by atoms with Crippen LogP contribution < -0.4 is 5.73 Å². The van der Waals surface area contributed by atoms with E-state index < -0.39 is 16.7 Å². The highest BCUT2D eigenvalue weighted by Crippen LogP contribution is 2.34. The number of nitro benzene ring substituents is 1. The largest absolute Gasteiger partial charge is 0.416 e. The van der Waals surface area contributed by atoms with Crippen LogP contribution in [0.2, 0.25) is 0 Å². The van der Waals surface area contributed by atoms with Gasteiger partial charge in [0.2, 0.25) is 0 Å². The molecule has 0 bridgehead atoms. The van der Waals surface area contributed by atoms with Crippen molar-refractivity contribution in [2.75, 3.05) is 5.73 Å². The van der Waals surface area contributed by atoms with Crippen molar-refractivity contribution >= 4 is 11.5 Å². The summed E-state index contributed by atoms with van der Waals surface area (Å²) in [6.07, 6.45) is -4.47. The number of hydrogen-bond donors (Lipinski definition) is 1. The van der Waals surface area contributed by atoms with Gasteiger partial charge in [0.1, 0.15) is 17.5 Å². The lowest BCUT2D eigenvalue weighted by Crippen LogP contribution is -2.04. The van der Waals surface area contributed by atoms with Crippen molar-refractivity contribution in [3.63, 3.8) is 0 Å². The fraction of sp³-hybridized carbons (Fsp3) is 0.0526. The zero-order valence-electron chi connectivity index (χ0n) is 14.1. The number of hydrogen-bond acceptors (Lipinski definition) is 5. The first-order valence-corrected chi connectivity index (χ1v) is 7.84. The maximum Gasteiger partial charge on any atom is 0.416 e. The molecule has 3 aromatic rings. The van der Waals surface area contributed by atoms with Crippen LogP contribution in [-0.2, 0) is 6.18 Å². The Kier molecular flexibility index (Phi) is 4.71. The van der Waals surface area contributed by atoms with Crippen LogP contribution in [0, 0.1) is 21.4 Å². The van der Waals surface area contributed by atoms with Crippen molar-refractivity contribution < 1.29 is 18.1 Å². The number of non-ortho nitro benzene ring substituents is 1. The van der Waals surface area contributed by atoms with E-state index in [2.05, 4.69) is 4.98 Å². The molecule has 9 heteroatoms. The van der Waals surface area contributed by atoms with Crippen molar-refractivity contribution in [1.29, 1.82) is 5.26 Å². The summed E-state index contributed by atoms with van der Waals surface area (Å²) in [6, 6.07) is 13.3. The minimum atomic E-state index is -4.47. The summed E-state index contributed by atoms with van der Waals surface area (Å²) >= 11 is 0. The lowest BCUT2D eigenvalue weighted by Gasteiger charge is -2.12. The lowest BCUT2D eigenvalue weighted by atomic mass is 9.97. The molecule has 0 amide bonds. The summed E-state index contributed by atoms with van der Waals surface area (Å²) in [6.45, 7) is 0. The molecule has 2 aromatic carbocycles. The highest BCUT2D eigenvalue weighted by Gasteiger charge is 2.30. The van der Waals surface area contributed by atoms with E-state index in [0.717, 1.165) is 12.1 Å². The van der Waals surface area contributed by atoms with E-state index in [4.69, 9.17) is 5.73 Å². The predicted molar refractivity (Wildman–Crippen MR) is 95.9 cm³/mol. The minimum absolute atomic E-state index is 0.0328. The molecule has 0 spiro atoms. The number of benzene rings is 2. The normalized spacial score (nSPS) is 11.1. The number of nitrogen functional groups attached to an aromatic ring is 1. The summed E-state index contributed by atoms with van der Waals surface area (Å²) in [5, 5.41) is 20.2. The quantitative estimate of drug-likeness (QED) is 0.516. The number of nitro groups is 1. The van der Waals surface area contributed by atoms with Gasteiger partial charge in [-0.1, -0.05) is 12.1 Å². The molecule has 1 aromatic heterocycles. The number of aromatic nitrogens is 1. The third kappa shape index (κ3) is 3.61. The maximum absolute atomic E-state index is 12.8. The van der Waals surface area contributed by atoms with Gasteiger partial charge in [0.25, 0.3) is 5.69 Å². The highest BCUT2D eigenvalue weighted by atomic mass is 19.4. The topological polar surface area (TPSA) is 106 Å². The fourth-order valence-electron chi connectivity index (χ4n) is 2.65. The second-order valence-electron chi connectivity index (χ2n) is 5.81. The zero-order chi connectivity index (χ0) is 20.5. The molecule has 0 aliphatic carbocycles. The first kappa shape index (κ1) is 18.8. The zero-order valence-corrected chi connectivity index (χ0v) is 14.1. The van der Waals surface area contributed by atoms with Crippen molar-refractivity contribution in [2.24, 2.45) is 0 Å². The van der Waals surface area contributed by atoms with Crippen LogP contribution in [0.15, 0.2) is 54.6 Å². The maximum atomic E-state index is 12.8. The Bertz CT molecular complexity index is 1090. The van der Waals surface area contributed by atoms with E-state index in [1.807, 2.05) is 6.07 Å². The van der Waals surface area contributed by atoms with Gasteiger partial charge >= 0.3 is 6.18 Å². The molecule has 0 unspecified atom stereocenters. The Morgan fingerprint density at radius 3 is 2.11 bits per heavy atom. The van der Waals surface area contributed by atoms with Gasteiger partial charge < -0.3 is 5.73 Å². The third-order valence-electron chi connectivity index (χ3n) is 4.06. The fourth-order valence-corrected chi connectivity index (χ4v) is 2.65. The Morgan fingerprint density at radius 1 is 1.04 bits per heavy atom. The van der Waals surface area contributed by atoms with E-state index in [1.165, 1.54) is 42.5 Å². The van der Waals surface area contributed by atoms with Gasteiger partial charge in [-0.2, -0.15) is 18.4 Å². The Balaban J connectivity index is 2.11. The first-order chi connectivity index (χ1) is 13.2. The summed E-state index contributed by atoms with van der Waals surface area (Å²) in [7, 11) is 0. The average molecular weight is 384 g/mol. The molecule has 28 heavy (non-hydrogen) atoms. The van der Waals surface area contributed by atoms with Crippen LogP contribution in [-0.4, -0.2) is 9.91 Å². The Hall–Kier alpha value is -3.93. The lowest BCUT2D eigenvalue weighted by molar-refractivity contribution is -0.384. The smallest absolute Gasteiger partial charge is 0.383 e. The van der Waals surface area contributed by atoms with Gasteiger partial charge in [-0.25, -0.2) is 4.98 Å². The number of nitrogens with two attached hydrogens (primary N) is 1. The molecule has 0 radical (unpaired) electrons. The van der Waals surface area contributed by atoms with Crippen molar-refractivity contribution in [1.82, 2.24) is 4.98 Å². The van der Waals surface area contributed by atoms with E-state index in [0.29, 0.717) is 22.4 Å². The second-order valence-corrected chi connectivity index (χ2v) is 5.81. The number of alkyl halides is 3. The molecule has 0 atom stereocenters. The monoisotopic (exact) mass is 384 g/mol. The summed E-state index contributed by atoms with van der Waals surface area (Å²) < 4.78 is 38.3. The van der Waals surface area contributed by atoms with Crippen LogP contribution in [0.3, 0.4) is 0 Å². The van der Waals surface area contributed by atoms with Crippen molar-refractivity contribution in [2.45, 2.75) is 6.18 Å². The Morgan fingerprint density at radius 2 is 1.61 bits per heavy atom. The molecular formula is C19H11F3N4O2. The molecule has 2 N–H and O–H groups in total. The van der Waals surface area contributed by atoms with Crippen molar-refractivity contribution in [3.05, 3.63) is 75.8 Å². The Labute approximate surface area is 156 Å². The average Bonchev–Trinajstić information content (AvgIpc) is 2.67. The molecule has 140 valence electrons. The summed E-state index contributed by atoms with van der Waals surface area (Å²) in [5.74, 6) is -0.0896. The van der Waals surface area contributed by atoms with Crippen LogP contribution >= 0.6 is 0 Å². The molecule has 0 aliphatic heterocycles. The number of rotatable bonds is 3. The number of halogens is 3. The number of nitrogens with zero attached hydrogens (tertiary/aromatic N) is 3. The van der Waals surface area contributed by atoms with Crippen LogP contribution in [0.25, 0.3) is 22.4 Å². The SMILES string of the molecule is N#Cc1c(-c2ccc(C(F)(F)F)cc2)cc(-c2ccc([N+](=O)[O-])cc2)nc1N. The van der Waals surface area contributed by atoms with Gasteiger partial charge in [0.05, 0.1) is 16.2 Å². The van der Waals surface area contributed by atoms with Crippen LogP contribution in [0.4, 0.5) is 24.7 Å². The molecule has 6 nitrogen and oxygen atoms in total. The highest BCUT2D eigenvalue weighted by molar-refractivity contribution is 5.80. The second kappa shape index (κ2) is 7.00. The van der Waals surface area contributed by atoms with Gasteiger partial charge in [-0.3, -0.25) is 10.1 Å². The summed E-state index contributed by atoms with van der Waals surface area (Å²) in [4.78, 5) is 14.4. The van der Waals surface area contributed by atoms with Crippen LogP contribution in [0.5, 0.6) is 0 Å². The number of nitriles is 1. The first-order valence-electron chi connectivity index (χ1n) is 7.84. The molecular weight excluding hydrogens is 373 g/mol. The molecule has 1 heterocycles. The van der Waals surface area contributed by atoms with E-state index in [-0.39, 0.29) is 17.1 Å². The predicted octanol–water partition coefficient (Wildman–Crippen LogP) is 4.80. The van der Waals surface area contributed by atoms with Crippen LogP contribution in [0.1, 0.15) is 11.1 Å². The number of pyridine rings is 1. The molecule has 0 fully saturated rings. The van der Waals surface area contributed by atoms with E-state index in [9.17, 15) is 28.5 Å². The standard InChI is InChI=1S/C19H11F3N4O2/c20-19(21,22)13-5-1-11(2-6-13)15-9-17(25-18(24)16(15)10-23)12-3-7-14(8-4-12)26(27)28/h1-9H,(H2,24,25). The van der Waals surface area contributed by atoms with E-state index >= 15 is 0 Å². The van der Waals surface area contributed by atoms with Crippen molar-refractivity contribution in [3.8, 4) is 28.5 Å². The summed E-state index contributed by atoms with van der Waals surface area (Å²) in [5.41, 5.74) is 6.50. The number of anilines is 1. The molecule has 0 saturated carbocycles. The van der Waals surface area contributed by atoms with Gasteiger partial charge in [-0.15, -0.1) is 0 Å². The van der Waals surface area contributed by atoms with Gasteiger partial charge in [0.15, 0.2) is 0 Å². The molecule has 0 aliphatic rings. The van der Waals surface area contributed by atoms with Gasteiger partial charge in [0, 0.05) is 23.3 Å². The minimum Gasteiger partial charge on any atom is -0.383 e. The van der Waals surface area contributed by atoms with E-state index in [1.54, 1.807) is 0 Å². The molecule has 3 rings (SSSR count). The third-order valence-corrected chi connectivity index (χ3v) is 4.06. The molecule has 0 saturated heterocycles. The van der Waals surface area contributed by atoms with Gasteiger partial charge in [-0.05, 0) is 35.9 Å².